The number of amides is 1. The number of ether oxygens (including phenoxy) is 5. The summed E-state index contributed by atoms with van der Waals surface area (Å²) in [6, 6.07) is 7.31. The van der Waals surface area contributed by atoms with E-state index >= 15 is 0 Å². The number of aryl methyl sites for hydroxylation is 1. The molecule has 15 unspecified atom stereocenters. The lowest BCUT2D eigenvalue weighted by Crippen LogP contribution is -2.64. The minimum absolute atomic E-state index is 0.0312. The quantitative estimate of drug-likeness (QED) is 0.136. The van der Waals surface area contributed by atoms with Gasteiger partial charge in [-0.15, -0.1) is 0 Å². The van der Waals surface area contributed by atoms with E-state index in [2.05, 4.69) is 40.2 Å². The smallest absolute Gasteiger partial charge is 0.329 e. The standard InChI is InChI=1S/C52H77N3O12/c1-11-35-23-29(2)46(58)30(3)24-44(64-9)48-45(65-10)25-32(5)52(62,67-48)49(59)50(60)55-20-13-12-14-40(55)51(61)66-47(33(6)41(56)28-42(35)57)31(4)22-34-15-17-38(43(26-34)63-8)53-37-16-18-39-36(27-37)19-21-54(39)7/h16,18-19,21-23,27,30,32-35,38,40-41,43-48,53,56,58,62H,11-15,17,20,24-26,28H2,1-10H3. The summed E-state index contributed by atoms with van der Waals surface area (Å²) < 4.78 is 32.5. The lowest BCUT2D eigenvalue weighted by atomic mass is 9.80. The number of benzene rings is 1. The van der Waals surface area contributed by atoms with Crippen LogP contribution in [0.5, 0.6) is 0 Å². The second-order valence-electron chi connectivity index (χ2n) is 20.0. The SMILES string of the molecule is CCC1C=C(C)C(O)C(C)CC(OC)C2OC(O)(C(=O)C(=O)N3CCCCC3C(=O)OC(C(C)=CC3CCC(Nc4ccc5c(ccn5C)c4)C(OC)C3)C(C)C(O)CC1=O)C(C)CC2OC. The highest BCUT2D eigenvalue weighted by molar-refractivity contribution is 6.39. The number of carbonyl (C=O) groups is 4. The summed E-state index contributed by atoms with van der Waals surface area (Å²) in [6.45, 7) is 10.8. The van der Waals surface area contributed by atoms with Gasteiger partial charge in [0.1, 0.15) is 24.0 Å². The fourth-order valence-electron chi connectivity index (χ4n) is 11.1. The molecule has 372 valence electrons. The summed E-state index contributed by atoms with van der Waals surface area (Å²) >= 11 is 0. The number of piperidine rings is 1. The number of aliphatic hydroxyl groups is 3. The molecule has 15 nitrogen and oxygen atoms in total. The number of ketones is 2. The van der Waals surface area contributed by atoms with Crippen LogP contribution in [0.15, 0.2) is 53.8 Å². The van der Waals surface area contributed by atoms with Crippen molar-refractivity contribution in [3.05, 3.63) is 53.8 Å². The molecule has 4 heterocycles. The predicted octanol–water partition coefficient (Wildman–Crippen LogP) is 6.06. The minimum Gasteiger partial charge on any atom is -0.456 e. The maximum Gasteiger partial charge on any atom is 0.329 e. The number of fused-ring (bicyclic) bond motifs is 4. The van der Waals surface area contributed by atoms with E-state index in [-0.39, 0.29) is 56.1 Å². The Bertz CT molecular complexity index is 2120. The van der Waals surface area contributed by atoms with Crippen LogP contribution in [-0.2, 0) is 49.9 Å². The molecule has 1 aliphatic carbocycles. The van der Waals surface area contributed by atoms with E-state index in [1.165, 1.54) is 19.1 Å². The summed E-state index contributed by atoms with van der Waals surface area (Å²) in [5.74, 6) is -8.47. The third-order valence-electron chi connectivity index (χ3n) is 15.4. The molecule has 6 rings (SSSR count). The molecule has 2 bridgehead atoms. The van der Waals surface area contributed by atoms with Crippen LogP contribution in [0.4, 0.5) is 5.69 Å². The van der Waals surface area contributed by atoms with E-state index in [9.17, 15) is 34.5 Å². The number of hydrogen-bond donors (Lipinski definition) is 4. The van der Waals surface area contributed by atoms with Gasteiger partial charge in [-0.25, -0.2) is 4.79 Å². The van der Waals surface area contributed by atoms with E-state index in [1.54, 1.807) is 34.0 Å². The van der Waals surface area contributed by atoms with Gasteiger partial charge in [-0.3, -0.25) is 14.4 Å². The molecule has 3 fully saturated rings. The van der Waals surface area contributed by atoms with Crippen molar-refractivity contribution in [2.24, 2.45) is 36.6 Å². The highest BCUT2D eigenvalue weighted by atomic mass is 16.7. The average molecular weight is 936 g/mol. The third-order valence-corrected chi connectivity index (χ3v) is 15.4. The number of aromatic nitrogens is 1. The van der Waals surface area contributed by atoms with Gasteiger partial charge in [0, 0.05) is 81.9 Å². The molecule has 4 N–H and O–H groups in total. The van der Waals surface area contributed by atoms with Crippen molar-refractivity contribution in [1.29, 1.82) is 0 Å². The molecule has 0 spiro atoms. The summed E-state index contributed by atoms with van der Waals surface area (Å²) in [5, 5.41) is 40.5. The maximum atomic E-state index is 14.6. The number of aliphatic hydroxyl groups excluding tert-OH is 2. The van der Waals surface area contributed by atoms with Gasteiger partial charge in [0.2, 0.25) is 5.79 Å². The van der Waals surface area contributed by atoms with Crippen LogP contribution >= 0.6 is 0 Å². The second-order valence-corrected chi connectivity index (χ2v) is 20.0. The molecular formula is C52H77N3O12. The van der Waals surface area contributed by atoms with Gasteiger partial charge in [0.05, 0.1) is 36.6 Å². The number of hydrogen-bond acceptors (Lipinski definition) is 13. The van der Waals surface area contributed by atoms with Gasteiger partial charge in [-0.2, -0.15) is 0 Å². The first-order valence-electron chi connectivity index (χ1n) is 24.5. The van der Waals surface area contributed by atoms with E-state index in [0.717, 1.165) is 29.4 Å². The summed E-state index contributed by atoms with van der Waals surface area (Å²) in [4.78, 5) is 58.5. The van der Waals surface area contributed by atoms with Crippen LogP contribution in [0.2, 0.25) is 0 Å². The van der Waals surface area contributed by atoms with Crippen molar-refractivity contribution < 1.29 is 58.2 Å². The van der Waals surface area contributed by atoms with Gasteiger partial charge >= 0.3 is 5.97 Å². The highest BCUT2D eigenvalue weighted by Crippen LogP contribution is 2.40. The predicted molar refractivity (Wildman–Crippen MR) is 254 cm³/mol. The molecular weight excluding hydrogens is 859 g/mol. The number of nitrogens with one attached hydrogen (secondary N) is 1. The lowest BCUT2D eigenvalue weighted by Gasteiger charge is -2.47. The molecule has 1 aromatic heterocycles. The monoisotopic (exact) mass is 936 g/mol. The number of anilines is 1. The number of nitrogens with zero attached hydrogens (tertiary/aromatic N) is 2. The molecule has 1 saturated carbocycles. The Morgan fingerprint density at radius 2 is 1.64 bits per heavy atom. The van der Waals surface area contributed by atoms with Crippen LogP contribution in [0, 0.1) is 29.6 Å². The van der Waals surface area contributed by atoms with Crippen molar-refractivity contribution in [2.45, 2.75) is 166 Å². The second kappa shape index (κ2) is 22.6. The molecule has 0 radical (unpaired) electrons. The van der Waals surface area contributed by atoms with Crippen LogP contribution < -0.4 is 5.32 Å². The normalized spacial score (nSPS) is 37.1. The minimum atomic E-state index is -2.57. The summed E-state index contributed by atoms with van der Waals surface area (Å²) in [5.41, 5.74) is 3.40. The molecule has 3 aliphatic heterocycles. The number of methoxy groups -OCH3 is 3. The van der Waals surface area contributed by atoms with Crippen molar-refractivity contribution in [1.82, 2.24) is 9.47 Å². The third kappa shape index (κ3) is 11.6. The number of allylic oxidation sites excluding steroid dienone is 2. The van der Waals surface area contributed by atoms with Crippen molar-refractivity contribution >= 4 is 40.0 Å². The van der Waals surface area contributed by atoms with Gasteiger partial charge in [-0.05, 0) is 119 Å². The molecule has 1 amide bonds. The Balaban J connectivity index is 1.31. The first-order valence-corrected chi connectivity index (χ1v) is 24.5. The summed E-state index contributed by atoms with van der Waals surface area (Å²) in [6.07, 6.45) is 4.24. The lowest BCUT2D eigenvalue weighted by molar-refractivity contribution is -0.302. The molecule has 15 atom stereocenters. The Morgan fingerprint density at radius 3 is 2.33 bits per heavy atom. The van der Waals surface area contributed by atoms with Crippen molar-refractivity contribution in [3.63, 3.8) is 0 Å². The van der Waals surface area contributed by atoms with Crippen LogP contribution in [-0.4, -0.2) is 137 Å². The van der Waals surface area contributed by atoms with E-state index in [1.807, 2.05) is 34.0 Å². The fraction of sp³-hybridized carbons (Fsp3) is 0.692. The zero-order valence-corrected chi connectivity index (χ0v) is 41.3. The van der Waals surface area contributed by atoms with Gasteiger partial charge in [-0.1, -0.05) is 39.8 Å². The van der Waals surface area contributed by atoms with Gasteiger partial charge in [0.15, 0.2) is 0 Å². The topological polar surface area (TPSA) is 195 Å². The largest absolute Gasteiger partial charge is 0.456 e. The molecule has 2 aromatic rings. The Hall–Kier alpha value is -3.96. The zero-order valence-electron chi connectivity index (χ0n) is 41.3. The van der Waals surface area contributed by atoms with Crippen LogP contribution in [0.3, 0.4) is 0 Å². The van der Waals surface area contributed by atoms with Gasteiger partial charge in [0.25, 0.3) is 11.7 Å². The number of esters is 1. The van der Waals surface area contributed by atoms with Crippen molar-refractivity contribution in [3.8, 4) is 0 Å². The zero-order chi connectivity index (χ0) is 48.9. The van der Waals surface area contributed by atoms with E-state index < -0.39 is 89.8 Å². The van der Waals surface area contributed by atoms with E-state index in [0.29, 0.717) is 36.8 Å². The van der Waals surface area contributed by atoms with E-state index in [4.69, 9.17) is 23.7 Å². The number of cyclic esters (lactones) is 1. The summed E-state index contributed by atoms with van der Waals surface area (Å²) in [7, 11) is 6.69. The van der Waals surface area contributed by atoms with Crippen molar-refractivity contribution in [2.75, 3.05) is 33.2 Å². The molecule has 1 aromatic carbocycles. The maximum absolute atomic E-state index is 14.6. The Morgan fingerprint density at radius 1 is 0.940 bits per heavy atom. The molecule has 15 heteroatoms. The number of rotatable bonds is 8. The molecule has 67 heavy (non-hydrogen) atoms. The molecule has 2 saturated heterocycles. The first-order chi connectivity index (χ1) is 31.8. The van der Waals surface area contributed by atoms with Crippen LogP contribution in [0.1, 0.15) is 106 Å². The highest BCUT2D eigenvalue weighted by Gasteiger charge is 2.57. The fourth-order valence-corrected chi connectivity index (χ4v) is 11.1. The van der Waals surface area contributed by atoms with Crippen LogP contribution in [0.25, 0.3) is 10.9 Å². The number of Topliss-reactive ketones (excluding diaryl/α,β-unsaturated/α-hetero) is 2. The Labute approximate surface area is 396 Å². The number of carbonyl (C=O) groups excluding carboxylic acids is 4. The first kappa shape index (κ1) is 52.4. The average Bonchev–Trinajstić information content (AvgIpc) is 3.70. The molecule has 4 aliphatic rings. The Kier molecular flexibility index (Phi) is 17.7. The van der Waals surface area contributed by atoms with Gasteiger partial charge < -0.3 is 53.8 Å².